The predicted molar refractivity (Wildman–Crippen MR) is 132 cm³/mol. The van der Waals surface area contributed by atoms with Gasteiger partial charge in [0.05, 0.1) is 22.9 Å². The minimum absolute atomic E-state index is 0. The minimum Gasteiger partial charge on any atom is -0.368 e. The fourth-order valence-electron chi connectivity index (χ4n) is 3.17. The Morgan fingerprint density at radius 2 is 2.18 bits per heavy atom. The average Bonchev–Trinajstić information content (AvgIpc) is 3.15. The molecule has 0 spiro atoms. The third kappa shape index (κ3) is 6.12. The summed E-state index contributed by atoms with van der Waals surface area (Å²) >= 11 is 8.02. The molecule has 2 heterocycles. The summed E-state index contributed by atoms with van der Waals surface area (Å²) in [5, 5.41) is 10.8. The van der Waals surface area contributed by atoms with Gasteiger partial charge in [-0.3, -0.25) is 4.99 Å². The molecule has 0 saturated carbocycles. The standard InChI is InChI=1S/C19H27ClN6S.HI/c1-21-18(22-11-15-13-27-19(24-15)25(2)3)23-14-7-6-10-26(12-14)17-9-5-4-8-16(17)20;/h4-5,8-9,13-14H,6-7,10-12H2,1-3H3,(H2,21,22,23);1H. The lowest BCUT2D eigenvalue weighted by molar-refractivity contribution is 0.468. The Bertz CT molecular complexity index is 781. The lowest BCUT2D eigenvalue weighted by Crippen LogP contribution is -2.51. The summed E-state index contributed by atoms with van der Waals surface area (Å²) in [4.78, 5) is 13.3. The molecule has 0 radical (unpaired) electrons. The lowest BCUT2D eigenvalue weighted by Gasteiger charge is -2.35. The van der Waals surface area contributed by atoms with Crippen LogP contribution >= 0.6 is 46.9 Å². The number of nitrogens with zero attached hydrogens (tertiary/aromatic N) is 4. The van der Waals surface area contributed by atoms with E-state index in [0.29, 0.717) is 12.6 Å². The first-order valence-corrected chi connectivity index (χ1v) is 10.4. The van der Waals surface area contributed by atoms with Crippen molar-refractivity contribution in [3.05, 3.63) is 40.4 Å². The molecule has 0 amide bonds. The summed E-state index contributed by atoms with van der Waals surface area (Å²) in [7, 11) is 5.81. The van der Waals surface area contributed by atoms with Gasteiger partial charge in [0.15, 0.2) is 11.1 Å². The van der Waals surface area contributed by atoms with E-state index in [-0.39, 0.29) is 24.0 Å². The molecular formula is C19H28ClIN6S. The third-order valence-corrected chi connectivity index (χ3v) is 5.91. The second-order valence-electron chi connectivity index (χ2n) is 6.82. The molecule has 0 aliphatic carbocycles. The Hall–Kier alpha value is -1.26. The Labute approximate surface area is 193 Å². The van der Waals surface area contributed by atoms with Crippen molar-refractivity contribution in [2.24, 2.45) is 4.99 Å². The smallest absolute Gasteiger partial charge is 0.191 e. The van der Waals surface area contributed by atoms with E-state index in [9.17, 15) is 0 Å². The Balaban J connectivity index is 0.00000280. The van der Waals surface area contributed by atoms with Crippen LogP contribution in [0.15, 0.2) is 34.6 Å². The van der Waals surface area contributed by atoms with E-state index in [1.54, 1.807) is 18.4 Å². The molecule has 1 aliphatic heterocycles. The van der Waals surface area contributed by atoms with Crippen LogP contribution in [0.4, 0.5) is 10.8 Å². The molecule has 6 nitrogen and oxygen atoms in total. The summed E-state index contributed by atoms with van der Waals surface area (Å²) in [6, 6.07) is 8.37. The van der Waals surface area contributed by atoms with Crippen molar-refractivity contribution in [3.63, 3.8) is 0 Å². The number of thiazole rings is 1. The SMILES string of the molecule is CN=C(NCc1csc(N(C)C)n1)NC1CCCN(c2ccccc2Cl)C1.I. The van der Waals surface area contributed by atoms with Crippen molar-refractivity contribution in [2.75, 3.05) is 44.0 Å². The highest BCUT2D eigenvalue weighted by molar-refractivity contribution is 14.0. The number of benzene rings is 1. The molecule has 1 saturated heterocycles. The van der Waals surface area contributed by atoms with Crippen LogP contribution in [0.3, 0.4) is 0 Å². The fraction of sp³-hybridized carbons (Fsp3) is 0.474. The molecule has 1 fully saturated rings. The van der Waals surface area contributed by atoms with E-state index in [0.717, 1.165) is 53.4 Å². The molecule has 154 valence electrons. The first-order chi connectivity index (χ1) is 13.1. The van der Waals surface area contributed by atoms with Crippen LogP contribution in [-0.4, -0.2) is 51.2 Å². The molecule has 0 bridgehead atoms. The number of halogens is 2. The van der Waals surface area contributed by atoms with Crippen molar-refractivity contribution in [1.82, 2.24) is 15.6 Å². The van der Waals surface area contributed by atoms with Crippen molar-refractivity contribution in [1.29, 1.82) is 0 Å². The molecule has 1 aromatic heterocycles. The molecule has 28 heavy (non-hydrogen) atoms. The lowest BCUT2D eigenvalue weighted by atomic mass is 10.0. The number of guanidine groups is 1. The van der Waals surface area contributed by atoms with Crippen LogP contribution in [0.5, 0.6) is 0 Å². The van der Waals surface area contributed by atoms with E-state index >= 15 is 0 Å². The number of aromatic nitrogens is 1. The van der Waals surface area contributed by atoms with Gasteiger partial charge < -0.3 is 20.4 Å². The van der Waals surface area contributed by atoms with Gasteiger partial charge in [-0.2, -0.15) is 0 Å². The average molecular weight is 535 g/mol. The zero-order valence-corrected chi connectivity index (χ0v) is 20.4. The number of aliphatic imine (C=N–C) groups is 1. The number of hydrogen-bond donors (Lipinski definition) is 2. The first kappa shape index (κ1) is 23.0. The highest BCUT2D eigenvalue weighted by atomic mass is 127. The van der Waals surface area contributed by atoms with Crippen molar-refractivity contribution in [3.8, 4) is 0 Å². The zero-order valence-electron chi connectivity index (χ0n) is 16.5. The Kier molecular flexibility index (Phi) is 9.10. The van der Waals surface area contributed by atoms with Gasteiger partial charge in [0, 0.05) is 45.7 Å². The summed E-state index contributed by atoms with van der Waals surface area (Å²) < 4.78 is 0. The van der Waals surface area contributed by atoms with Crippen molar-refractivity contribution >= 4 is 63.7 Å². The van der Waals surface area contributed by atoms with E-state index in [4.69, 9.17) is 11.6 Å². The summed E-state index contributed by atoms with van der Waals surface area (Å²) in [5.74, 6) is 0.806. The number of piperidine rings is 1. The van der Waals surface area contributed by atoms with Gasteiger partial charge >= 0.3 is 0 Å². The summed E-state index contributed by atoms with van der Waals surface area (Å²) in [6.07, 6.45) is 2.24. The Morgan fingerprint density at radius 3 is 2.86 bits per heavy atom. The molecular weight excluding hydrogens is 507 g/mol. The maximum Gasteiger partial charge on any atom is 0.191 e. The van der Waals surface area contributed by atoms with Crippen LogP contribution in [0.25, 0.3) is 0 Å². The Morgan fingerprint density at radius 1 is 1.39 bits per heavy atom. The molecule has 1 unspecified atom stereocenters. The number of hydrogen-bond acceptors (Lipinski definition) is 5. The molecule has 2 N–H and O–H groups in total. The minimum atomic E-state index is 0. The van der Waals surface area contributed by atoms with E-state index in [1.807, 2.05) is 37.2 Å². The van der Waals surface area contributed by atoms with Crippen molar-refractivity contribution in [2.45, 2.75) is 25.4 Å². The van der Waals surface area contributed by atoms with Crippen LogP contribution in [0.2, 0.25) is 5.02 Å². The maximum absolute atomic E-state index is 6.37. The summed E-state index contributed by atoms with van der Waals surface area (Å²) in [5.41, 5.74) is 2.13. The molecule has 1 aliphatic rings. The molecule has 9 heteroatoms. The van der Waals surface area contributed by atoms with E-state index < -0.39 is 0 Å². The van der Waals surface area contributed by atoms with E-state index in [2.05, 4.69) is 37.0 Å². The van der Waals surface area contributed by atoms with Gasteiger partial charge in [-0.25, -0.2) is 4.98 Å². The molecule has 3 rings (SSSR count). The molecule has 1 atom stereocenters. The van der Waals surface area contributed by atoms with Crippen LogP contribution in [-0.2, 0) is 6.54 Å². The van der Waals surface area contributed by atoms with Gasteiger partial charge in [0.2, 0.25) is 0 Å². The highest BCUT2D eigenvalue weighted by Gasteiger charge is 2.22. The largest absolute Gasteiger partial charge is 0.368 e. The van der Waals surface area contributed by atoms with Gasteiger partial charge in [0.25, 0.3) is 0 Å². The van der Waals surface area contributed by atoms with Gasteiger partial charge in [-0.15, -0.1) is 35.3 Å². The van der Waals surface area contributed by atoms with Crippen LogP contribution < -0.4 is 20.4 Å². The fourth-order valence-corrected chi connectivity index (χ4v) is 4.18. The number of anilines is 2. The highest BCUT2D eigenvalue weighted by Crippen LogP contribution is 2.27. The monoisotopic (exact) mass is 534 g/mol. The topological polar surface area (TPSA) is 55.8 Å². The predicted octanol–water partition coefficient (Wildman–Crippen LogP) is 3.81. The normalized spacial score (nSPS) is 17.1. The van der Waals surface area contributed by atoms with Gasteiger partial charge in [0.1, 0.15) is 0 Å². The molecule has 1 aromatic carbocycles. The van der Waals surface area contributed by atoms with E-state index in [1.165, 1.54) is 0 Å². The van der Waals surface area contributed by atoms with Crippen LogP contribution in [0, 0.1) is 0 Å². The van der Waals surface area contributed by atoms with Crippen LogP contribution in [0.1, 0.15) is 18.5 Å². The van der Waals surface area contributed by atoms with Crippen molar-refractivity contribution < 1.29 is 0 Å². The quantitative estimate of drug-likeness (QED) is 0.347. The second-order valence-corrected chi connectivity index (χ2v) is 8.07. The third-order valence-electron chi connectivity index (χ3n) is 4.54. The summed E-state index contributed by atoms with van der Waals surface area (Å²) in [6.45, 7) is 2.59. The number of nitrogens with one attached hydrogen (secondary N) is 2. The van der Waals surface area contributed by atoms with Gasteiger partial charge in [-0.1, -0.05) is 23.7 Å². The number of para-hydroxylation sites is 1. The molecule has 2 aromatic rings. The second kappa shape index (κ2) is 11.1. The number of rotatable bonds is 5. The first-order valence-electron chi connectivity index (χ1n) is 9.15. The zero-order chi connectivity index (χ0) is 19.2. The maximum atomic E-state index is 6.37. The van der Waals surface area contributed by atoms with Gasteiger partial charge in [-0.05, 0) is 25.0 Å².